The van der Waals surface area contributed by atoms with Gasteiger partial charge in [-0.05, 0) is 84.4 Å². The van der Waals surface area contributed by atoms with Gasteiger partial charge in [-0.15, -0.1) is 0 Å². The Morgan fingerprint density at radius 1 is 0.837 bits per heavy atom. The molecule has 4 rings (SSSR count). The molecule has 0 saturated carbocycles. The van der Waals surface area contributed by atoms with Gasteiger partial charge in [0, 0.05) is 29.9 Å². The number of carbonyl (C=O) groups excluding carboxylic acids is 3. The van der Waals surface area contributed by atoms with Gasteiger partial charge in [0.15, 0.2) is 5.78 Å². The van der Waals surface area contributed by atoms with E-state index in [1.807, 2.05) is 92.0 Å². The third kappa shape index (κ3) is 9.11. The predicted molar refractivity (Wildman–Crippen MR) is 169 cm³/mol. The molecule has 0 heterocycles. The van der Waals surface area contributed by atoms with Crippen molar-refractivity contribution >= 4 is 35.1 Å². The monoisotopic (exact) mass is 586 g/mol. The molecule has 216 valence electrons. The molecule has 8 heteroatoms. The third-order valence-corrected chi connectivity index (χ3v) is 7.82. The van der Waals surface area contributed by atoms with Crippen molar-refractivity contribution in [2.75, 3.05) is 16.9 Å². The molecule has 0 fully saturated rings. The van der Waals surface area contributed by atoms with E-state index < -0.39 is 17.9 Å². The number of nitrogens with one attached hydrogen (secondary N) is 1. The number of rotatable bonds is 13. The van der Waals surface area contributed by atoms with Crippen LogP contribution in [0.2, 0.25) is 0 Å². The Hall–Kier alpha value is -3.76. The van der Waals surface area contributed by atoms with Crippen LogP contribution in [-0.2, 0) is 17.9 Å². The molecule has 0 spiro atoms. The molecular formula is C35H35LiN2O4S. The molecule has 0 radical (unpaired) electrons. The van der Waals surface area contributed by atoms with Crippen molar-refractivity contribution in [3.63, 3.8) is 0 Å². The first-order valence-electron chi connectivity index (χ1n) is 13.9. The average Bonchev–Trinajstić information content (AvgIpc) is 2.99. The van der Waals surface area contributed by atoms with Gasteiger partial charge in [-0.3, -0.25) is 9.59 Å². The molecule has 43 heavy (non-hydrogen) atoms. The zero-order valence-electron chi connectivity index (χ0n) is 25.1. The number of aryl methyl sites for hydroxylation is 1. The maximum Gasteiger partial charge on any atom is 1.00 e. The number of carbonyl (C=O) groups is 3. The molecule has 0 aliphatic heterocycles. The fourth-order valence-electron chi connectivity index (χ4n) is 4.89. The second-order valence-corrected chi connectivity index (χ2v) is 11.3. The number of nitrogens with zero attached hydrogens (tertiary/aromatic N) is 1. The van der Waals surface area contributed by atoms with E-state index in [0.717, 1.165) is 33.5 Å². The summed E-state index contributed by atoms with van der Waals surface area (Å²) < 4.78 is 0. The number of carboxylic acids is 1. The van der Waals surface area contributed by atoms with E-state index in [2.05, 4.69) is 22.3 Å². The number of carboxylic acid groups (broad SMARTS) is 1. The Bertz CT molecular complexity index is 1560. The molecule has 1 N–H and O–H groups in total. The molecule has 4 aromatic rings. The zero-order valence-corrected chi connectivity index (χ0v) is 25.9. The Kier molecular flexibility index (Phi) is 12.7. The van der Waals surface area contributed by atoms with Gasteiger partial charge in [0.1, 0.15) is 0 Å². The summed E-state index contributed by atoms with van der Waals surface area (Å²) >= 11 is 1.52. The number of aliphatic carboxylic acids is 1. The van der Waals surface area contributed by atoms with E-state index in [0.29, 0.717) is 30.0 Å². The van der Waals surface area contributed by atoms with Gasteiger partial charge in [-0.1, -0.05) is 72.8 Å². The Balaban J connectivity index is 0.00000506. The average molecular weight is 587 g/mol. The largest absolute Gasteiger partial charge is 1.00 e. The van der Waals surface area contributed by atoms with Crippen LogP contribution in [0, 0.1) is 6.92 Å². The van der Waals surface area contributed by atoms with Crippen molar-refractivity contribution in [2.45, 2.75) is 39.4 Å². The standard InChI is InChI=1S/C35H36N2O4S.Li/c1-24-10-7-8-15-30(24)32-20-27(16-17-31(32)34(39)36-33(35(40)41)18-19-42-3)23-37(22-26-11-5-4-6-12-26)29-14-9-13-28(21-29)25(2)38;/h4-17,20-21,33H,18-19,22-23H2,1-3H3,(H,36,39)(H,40,41);/q;+1/p-1/t33-;/m0./s1. The Labute approximate surface area is 270 Å². The molecule has 4 aromatic carbocycles. The van der Waals surface area contributed by atoms with E-state index >= 15 is 0 Å². The van der Waals surface area contributed by atoms with E-state index in [9.17, 15) is 19.5 Å². The van der Waals surface area contributed by atoms with Gasteiger partial charge in [0.25, 0.3) is 5.91 Å². The van der Waals surface area contributed by atoms with Crippen molar-refractivity contribution < 1.29 is 38.4 Å². The number of thioether (sulfide) groups is 1. The number of hydrogen-bond acceptors (Lipinski definition) is 6. The van der Waals surface area contributed by atoms with Crippen LogP contribution in [0.3, 0.4) is 0 Å². The minimum atomic E-state index is -1.30. The van der Waals surface area contributed by atoms with E-state index in [4.69, 9.17) is 0 Å². The molecule has 1 amide bonds. The summed E-state index contributed by atoms with van der Waals surface area (Å²) in [6.45, 7) is 4.69. The zero-order chi connectivity index (χ0) is 30.1. The summed E-state index contributed by atoms with van der Waals surface area (Å²) in [5.41, 5.74) is 6.66. The first-order chi connectivity index (χ1) is 20.3. The van der Waals surface area contributed by atoms with Gasteiger partial charge in [0.05, 0.1) is 12.0 Å². The summed E-state index contributed by atoms with van der Waals surface area (Å²) in [6.07, 6.45) is 2.17. The molecule has 6 nitrogen and oxygen atoms in total. The summed E-state index contributed by atoms with van der Waals surface area (Å²) in [4.78, 5) is 39.6. The fourth-order valence-corrected chi connectivity index (χ4v) is 5.36. The van der Waals surface area contributed by atoms with Crippen LogP contribution < -0.4 is 34.2 Å². The summed E-state index contributed by atoms with van der Waals surface area (Å²) in [5.74, 6) is -1.16. The van der Waals surface area contributed by atoms with Crippen LogP contribution in [0.25, 0.3) is 11.1 Å². The van der Waals surface area contributed by atoms with E-state index in [1.165, 1.54) is 11.8 Å². The van der Waals surface area contributed by atoms with Crippen LogP contribution in [-0.4, -0.2) is 35.7 Å². The predicted octanol–water partition coefficient (Wildman–Crippen LogP) is 2.68. The fraction of sp³-hybridized carbons (Fsp3) is 0.229. The first-order valence-corrected chi connectivity index (χ1v) is 15.3. The van der Waals surface area contributed by atoms with Gasteiger partial charge in [-0.25, -0.2) is 0 Å². The molecule has 0 aliphatic carbocycles. The molecular weight excluding hydrogens is 551 g/mol. The van der Waals surface area contributed by atoms with E-state index in [-0.39, 0.29) is 31.1 Å². The van der Waals surface area contributed by atoms with Crippen LogP contribution >= 0.6 is 11.8 Å². The smallest absolute Gasteiger partial charge is 0.548 e. The molecule has 1 atom stereocenters. The van der Waals surface area contributed by atoms with Crippen LogP contribution in [0.1, 0.15) is 50.8 Å². The topological polar surface area (TPSA) is 89.5 Å². The quantitative estimate of drug-likeness (QED) is 0.192. The maximum atomic E-state index is 13.5. The molecule has 0 unspecified atom stereocenters. The van der Waals surface area contributed by atoms with Crippen molar-refractivity contribution in [2.24, 2.45) is 0 Å². The minimum Gasteiger partial charge on any atom is -0.548 e. The number of Topliss-reactive ketones (excluding diaryl/α,β-unsaturated/α-hetero) is 1. The second kappa shape index (κ2) is 16.2. The Morgan fingerprint density at radius 3 is 2.21 bits per heavy atom. The number of hydrogen-bond donors (Lipinski definition) is 1. The van der Waals surface area contributed by atoms with Crippen molar-refractivity contribution in [3.8, 4) is 11.1 Å². The molecule has 0 aliphatic rings. The van der Waals surface area contributed by atoms with E-state index in [1.54, 1.807) is 13.0 Å². The SMILES string of the molecule is CSCC[C@H](NC(=O)c1ccc(CN(Cc2ccccc2)c2cccc(C(C)=O)c2)cc1-c1ccccc1C)C(=O)[O-].[Li+]. The van der Waals surface area contributed by atoms with Gasteiger partial charge in [0.2, 0.25) is 0 Å². The summed E-state index contributed by atoms with van der Waals surface area (Å²) in [6, 6.07) is 30.1. The number of anilines is 1. The van der Waals surface area contributed by atoms with Gasteiger partial charge >= 0.3 is 18.9 Å². The van der Waals surface area contributed by atoms with Crippen LogP contribution in [0.15, 0.2) is 97.1 Å². The van der Waals surface area contributed by atoms with Gasteiger partial charge < -0.3 is 20.1 Å². The van der Waals surface area contributed by atoms with Crippen LogP contribution in [0.4, 0.5) is 5.69 Å². The molecule has 0 saturated heterocycles. The molecule has 0 bridgehead atoms. The number of amides is 1. The van der Waals surface area contributed by atoms with Gasteiger partial charge in [-0.2, -0.15) is 11.8 Å². The maximum absolute atomic E-state index is 13.5. The summed E-state index contributed by atoms with van der Waals surface area (Å²) in [7, 11) is 0. The van der Waals surface area contributed by atoms with Crippen molar-refractivity contribution in [1.29, 1.82) is 0 Å². The normalized spacial score (nSPS) is 11.2. The Morgan fingerprint density at radius 2 is 1.53 bits per heavy atom. The third-order valence-electron chi connectivity index (χ3n) is 7.17. The number of ketones is 1. The molecule has 0 aromatic heterocycles. The van der Waals surface area contributed by atoms with Crippen LogP contribution in [0.5, 0.6) is 0 Å². The first kappa shape index (κ1) is 33.7. The van der Waals surface area contributed by atoms with Crippen molar-refractivity contribution in [1.82, 2.24) is 5.32 Å². The minimum absolute atomic E-state index is 0. The second-order valence-electron chi connectivity index (χ2n) is 10.3. The number of benzene rings is 4. The van der Waals surface area contributed by atoms with Crippen molar-refractivity contribution in [3.05, 3.63) is 125 Å². The summed E-state index contributed by atoms with van der Waals surface area (Å²) in [5, 5.41) is 14.4.